The molecule has 0 aliphatic carbocycles. The number of amides is 1. The number of carbonyl (C=O) groups excluding carboxylic acids is 1. The molecule has 0 atom stereocenters. The first-order valence-corrected chi connectivity index (χ1v) is 12.5. The standard InChI is InChI=1S/C25H23ClN2O4S/c1-2-32-23-10-6-4-8-21(23)27-25(29)16-28-15-24(20-7-3-5-9-22(20)28)33(30,31)17-18-11-13-19(26)14-12-18/h3-15H,2,16-17H2,1H3,(H,27,29). The summed E-state index contributed by atoms with van der Waals surface area (Å²) in [6, 6.07) is 21.1. The number of fused-ring (bicyclic) bond motifs is 1. The van der Waals surface area contributed by atoms with E-state index < -0.39 is 9.84 Å². The molecule has 0 aliphatic heterocycles. The average Bonchev–Trinajstić information content (AvgIpc) is 3.16. The second kappa shape index (κ2) is 9.68. The zero-order valence-corrected chi connectivity index (χ0v) is 19.6. The number of aromatic nitrogens is 1. The highest BCUT2D eigenvalue weighted by molar-refractivity contribution is 7.90. The van der Waals surface area contributed by atoms with Crippen molar-refractivity contribution >= 4 is 43.9 Å². The minimum atomic E-state index is -3.66. The third-order valence-corrected chi connectivity index (χ3v) is 7.09. The van der Waals surface area contributed by atoms with Gasteiger partial charge in [-0.15, -0.1) is 0 Å². The molecule has 1 N–H and O–H groups in total. The fourth-order valence-electron chi connectivity index (χ4n) is 3.67. The Bertz CT molecular complexity index is 1400. The minimum Gasteiger partial charge on any atom is -0.492 e. The number of hydrogen-bond acceptors (Lipinski definition) is 4. The third-order valence-electron chi connectivity index (χ3n) is 5.13. The van der Waals surface area contributed by atoms with Crippen molar-refractivity contribution < 1.29 is 17.9 Å². The van der Waals surface area contributed by atoms with Gasteiger partial charge < -0.3 is 14.6 Å². The number of rotatable bonds is 8. The lowest BCUT2D eigenvalue weighted by Gasteiger charge is -2.12. The molecule has 0 bridgehead atoms. The smallest absolute Gasteiger partial charge is 0.244 e. The zero-order valence-electron chi connectivity index (χ0n) is 18.0. The topological polar surface area (TPSA) is 77.4 Å². The molecule has 33 heavy (non-hydrogen) atoms. The van der Waals surface area contributed by atoms with Gasteiger partial charge in [-0.1, -0.05) is 54.1 Å². The van der Waals surface area contributed by atoms with Gasteiger partial charge >= 0.3 is 0 Å². The number of para-hydroxylation sites is 3. The van der Waals surface area contributed by atoms with Gasteiger partial charge in [0.1, 0.15) is 12.3 Å². The molecule has 0 radical (unpaired) electrons. The van der Waals surface area contributed by atoms with Crippen LogP contribution in [0.15, 0.2) is 83.9 Å². The molecule has 4 aromatic rings. The number of anilines is 1. The van der Waals surface area contributed by atoms with Gasteiger partial charge in [-0.25, -0.2) is 8.42 Å². The van der Waals surface area contributed by atoms with Crippen molar-refractivity contribution in [2.75, 3.05) is 11.9 Å². The van der Waals surface area contributed by atoms with E-state index in [4.69, 9.17) is 16.3 Å². The van der Waals surface area contributed by atoms with Crippen molar-refractivity contribution in [2.45, 2.75) is 24.1 Å². The Morgan fingerprint density at radius 1 is 1.00 bits per heavy atom. The van der Waals surface area contributed by atoms with Crippen molar-refractivity contribution in [1.82, 2.24) is 4.57 Å². The van der Waals surface area contributed by atoms with Crippen molar-refractivity contribution in [3.8, 4) is 5.75 Å². The van der Waals surface area contributed by atoms with Gasteiger partial charge in [-0.2, -0.15) is 0 Å². The maximum atomic E-state index is 13.2. The molecular formula is C25H23ClN2O4S. The highest BCUT2D eigenvalue weighted by atomic mass is 35.5. The Hall–Kier alpha value is -3.29. The molecule has 0 spiro atoms. The molecule has 1 heterocycles. The van der Waals surface area contributed by atoms with E-state index in [2.05, 4.69) is 5.32 Å². The summed E-state index contributed by atoms with van der Waals surface area (Å²) in [6.45, 7) is 2.30. The molecule has 6 nitrogen and oxygen atoms in total. The number of ether oxygens (including phenoxy) is 1. The van der Waals surface area contributed by atoms with E-state index in [1.807, 2.05) is 25.1 Å². The van der Waals surface area contributed by atoms with E-state index in [0.29, 0.717) is 39.5 Å². The summed E-state index contributed by atoms with van der Waals surface area (Å²) >= 11 is 5.92. The van der Waals surface area contributed by atoms with Crippen LogP contribution in [0, 0.1) is 0 Å². The number of benzene rings is 3. The van der Waals surface area contributed by atoms with E-state index in [1.54, 1.807) is 59.2 Å². The van der Waals surface area contributed by atoms with Crippen LogP contribution < -0.4 is 10.1 Å². The van der Waals surface area contributed by atoms with Crippen LogP contribution in [-0.2, 0) is 26.9 Å². The van der Waals surface area contributed by atoms with Crippen LogP contribution in [0.5, 0.6) is 5.75 Å². The highest BCUT2D eigenvalue weighted by Gasteiger charge is 2.22. The monoisotopic (exact) mass is 482 g/mol. The number of halogens is 1. The Morgan fingerprint density at radius 2 is 1.70 bits per heavy atom. The van der Waals surface area contributed by atoms with Crippen LogP contribution >= 0.6 is 11.6 Å². The van der Waals surface area contributed by atoms with E-state index >= 15 is 0 Å². The fraction of sp³-hybridized carbons (Fsp3) is 0.160. The van der Waals surface area contributed by atoms with Gasteiger partial charge in [0, 0.05) is 22.1 Å². The lowest BCUT2D eigenvalue weighted by atomic mass is 10.2. The largest absolute Gasteiger partial charge is 0.492 e. The summed E-state index contributed by atoms with van der Waals surface area (Å²) in [5.41, 5.74) is 1.87. The molecule has 170 valence electrons. The molecule has 1 amide bonds. The average molecular weight is 483 g/mol. The van der Waals surface area contributed by atoms with Gasteiger partial charge in [0.05, 0.1) is 22.9 Å². The second-order valence-corrected chi connectivity index (χ2v) is 9.90. The summed E-state index contributed by atoms with van der Waals surface area (Å²) in [6.07, 6.45) is 1.53. The van der Waals surface area contributed by atoms with Crippen LogP contribution in [0.3, 0.4) is 0 Å². The van der Waals surface area contributed by atoms with Gasteiger partial charge in [0.25, 0.3) is 0 Å². The lowest BCUT2D eigenvalue weighted by molar-refractivity contribution is -0.116. The maximum Gasteiger partial charge on any atom is 0.244 e. The molecule has 0 unspecified atom stereocenters. The SMILES string of the molecule is CCOc1ccccc1NC(=O)Cn1cc(S(=O)(=O)Cc2ccc(Cl)cc2)c2ccccc21. The molecule has 0 saturated carbocycles. The van der Waals surface area contributed by atoms with E-state index in [1.165, 1.54) is 6.20 Å². The summed E-state index contributed by atoms with van der Waals surface area (Å²) < 4.78 is 33.7. The Labute approximate surface area is 197 Å². The van der Waals surface area contributed by atoms with Crippen LogP contribution in [0.1, 0.15) is 12.5 Å². The van der Waals surface area contributed by atoms with Crippen LogP contribution in [0.25, 0.3) is 10.9 Å². The van der Waals surface area contributed by atoms with Crippen LogP contribution in [-0.4, -0.2) is 25.5 Å². The second-order valence-electron chi connectivity index (χ2n) is 7.50. The summed E-state index contributed by atoms with van der Waals surface area (Å²) in [4.78, 5) is 13.0. The molecule has 1 aromatic heterocycles. The summed E-state index contributed by atoms with van der Waals surface area (Å²) in [5.74, 6) is 0.132. The predicted molar refractivity (Wildman–Crippen MR) is 131 cm³/mol. The lowest BCUT2D eigenvalue weighted by Crippen LogP contribution is -2.18. The third kappa shape index (κ3) is 5.21. The van der Waals surface area contributed by atoms with Crippen molar-refractivity contribution in [1.29, 1.82) is 0 Å². The molecular weight excluding hydrogens is 460 g/mol. The maximum absolute atomic E-state index is 13.2. The Morgan fingerprint density at radius 3 is 2.45 bits per heavy atom. The highest BCUT2D eigenvalue weighted by Crippen LogP contribution is 2.29. The minimum absolute atomic E-state index is 0.0442. The molecule has 8 heteroatoms. The Balaban J connectivity index is 1.62. The molecule has 0 fully saturated rings. The number of carbonyl (C=O) groups is 1. The summed E-state index contributed by atoms with van der Waals surface area (Å²) in [7, 11) is -3.66. The predicted octanol–water partition coefficient (Wildman–Crippen LogP) is 5.31. The quantitative estimate of drug-likeness (QED) is 0.369. The fourth-order valence-corrected chi connectivity index (χ4v) is 5.37. The van der Waals surface area contributed by atoms with Gasteiger partial charge in [0.2, 0.25) is 5.91 Å². The van der Waals surface area contributed by atoms with Crippen LogP contribution in [0.2, 0.25) is 5.02 Å². The van der Waals surface area contributed by atoms with E-state index in [-0.39, 0.29) is 23.1 Å². The van der Waals surface area contributed by atoms with Crippen molar-refractivity contribution in [3.05, 3.63) is 89.6 Å². The first-order valence-electron chi connectivity index (χ1n) is 10.4. The number of sulfone groups is 1. The first-order chi connectivity index (χ1) is 15.9. The molecule has 0 aliphatic rings. The van der Waals surface area contributed by atoms with Gasteiger partial charge in [-0.05, 0) is 42.8 Å². The van der Waals surface area contributed by atoms with E-state index in [0.717, 1.165) is 0 Å². The normalized spacial score (nSPS) is 11.5. The van der Waals surface area contributed by atoms with Crippen molar-refractivity contribution in [2.24, 2.45) is 0 Å². The van der Waals surface area contributed by atoms with Gasteiger partial charge in [-0.3, -0.25) is 4.79 Å². The molecule has 0 saturated heterocycles. The van der Waals surface area contributed by atoms with Gasteiger partial charge in [0.15, 0.2) is 9.84 Å². The number of nitrogens with zero attached hydrogens (tertiary/aromatic N) is 1. The molecule has 3 aromatic carbocycles. The first kappa shape index (κ1) is 22.9. The number of nitrogens with one attached hydrogen (secondary N) is 1. The Kier molecular flexibility index (Phi) is 6.72. The van der Waals surface area contributed by atoms with Crippen molar-refractivity contribution in [3.63, 3.8) is 0 Å². The van der Waals surface area contributed by atoms with Crippen LogP contribution in [0.4, 0.5) is 5.69 Å². The zero-order chi connectivity index (χ0) is 23.4. The summed E-state index contributed by atoms with van der Waals surface area (Å²) in [5, 5.41) is 3.98. The number of hydrogen-bond donors (Lipinski definition) is 1. The molecule has 4 rings (SSSR count). The van der Waals surface area contributed by atoms with E-state index in [9.17, 15) is 13.2 Å².